The SMILES string of the molecule is Cc1ncsc1-c1ccc(CNC(=O)[C@@H]2C[C@@H](O)CN2C(=O)[C@@H](NC(=O)CCCCCCNC(=O)OCC2[C@H]3CCC#CCC[C@@H]23)C(C)(C)C)cc1. The number of nitrogens with one attached hydrogen (secondary N) is 3. The first kappa shape index (κ1) is 39.3. The fraction of sp³-hybridized carbons (Fsp3) is 0.625. The zero-order chi connectivity index (χ0) is 37.3. The molecule has 11 nitrogen and oxygen atoms in total. The third-order valence-electron chi connectivity index (χ3n) is 10.6. The number of unbranched alkanes of at least 4 members (excludes halogenated alkanes) is 3. The summed E-state index contributed by atoms with van der Waals surface area (Å²) in [5.74, 6) is 7.22. The van der Waals surface area contributed by atoms with Crippen LogP contribution in [-0.2, 0) is 25.7 Å². The molecule has 1 saturated carbocycles. The molecule has 0 radical (unpaired) electrons. The Kier molecular flexibility index (Phi) is 13.7. The molecule has 1 aromatic heterocycles. The highest BCUT2D eigenvalue weighted by Crippen LogP contribution is 2.52. The molecule has 3 aliphatic rings. The fourth-order valence-corrected chi connectivity index (χ4v) is 8.28. The number of β-amino-alcohol motifs (C(OH)–C–C–N with tert-alkyl or cyclic N) is 1. The van der Waals surface area contributed by atoms with Gasteiger partial charge in [0.1, 0.15) is 12.1 Å². The largest absolute Gasteiger partial charge is 0.449 e. The fourth-order valence-electron chi connectivity index (χ4n) is 7.47. The molecule has 12 heteroatoms. The number of aromatic nitrogens is 1. The number of hydrogen-bond donors (Lipinski definition) is 4. The summed E-state index contributed by atoms with van der Waals surface area (Å²) in [6.45, 7) is 8.92. The van der Waals surface area contributed by atoms with Gasteiger partial charge in [-0.15, -0.1) is 23.2 Å². The van der Waals surface area contributed by atoms with E-state index in [2.05, 4.69) is 32.8 Å². The lowest BCUT2D eigenvalue weighted by atomic mass is 9.85. The molecule has 1 saturated heterocycles. The number of aryl methyl sites for hydroxylation is 1. The number of ether oxygens (including phenoxy) is 1. The molecule has 0 spiro atoms. The third kappa shape index (κ3) is 10.8. The number of thiazole rings is 1. The molecule has 4 N–H and O–H groups in total. The molecule has 6 atom stereocenters. The number of amides is 4. The first-order valence-corrected chi connectivity index (χ1v) is 19.7. The standard InChI is InChI=1S/C40H55N5O6S/c1-26-35(52-25-43-26)28-18-16-27(17-19-28)22-42-37(48)33-21-29(46)23-45(33)38(49)36(40(2,3)4)44-34(47)15-11-7-8-12-20-41-39(50)51-24-32-30-13-9-5-6-10-14-31(30)32/h16-19,25,29-33,36,46H,7-15,20-24H2,1-4H3,(H,41,50)(H,42,48)(H,44,47)/t29-,30-,31+,32?,33+,36-/m1/s1. The highest BCUT2D eigenvalue weighted by molar-refractivity contribution is 7.13. The normalized spacial score (nSPS) is 22.9. The van der Waals surface area contributed by atoms with Crippen LogP contribution in [0.1, 0.15) is 96.2 Å². The number of carbonyl (C=O) groups excluding carboxylic acids is 4. The van der Waals surface area contributed by atoms with Gasteiger partial charge in [0, 0.05) is 45.3 Å². The Morgan fingerprint density at radius 2 is 1.71 bits per heavy atom. The van der Waals surface area contributed by atoms with E-state index in [1.54, 1.807) is 11.3 Å². The number of nitrogens with zero attached hydrogens (tertiary/aromatic N) is 2. The monoisotopic (exact) mass is 733 g/mol. The lowest BCUT2D eigenvalue weighted by Gasteiger charge is -2.35. The second-order valence-electron chi connectivity index (χ2n) is 15.6. The van der Waals surface area contributed by atoms with Gasteiger partial charge in [0.2, 0.25) is 17.7 Å². The minimum absolute atomic E-state index is 0.0287. The minimum atomic E-state index is -0.861. The second kappa shape index (κ2) is 18.2. The van der Waals surface area contributed by atoms with E-state index in [1.165, 1.54) is 4.90 Å². The Balaban J connectivity index is 1.000. The van der Waals surface area contributed by atoms with E-state index in [0.717, 1.165) is 66.6 Å². The average Bonchev–Trinajstić information content (AvgIpc) is 3.35. The Morgan fingerprint density at radius 1 is 1.02 bits per heavy atom. The number of likely N-dealkylation sites (tertiary alicyclic amines) is 1. The molecule has 4 amide bonds. The highest BCUT2D eigenvalue weighted by Gasteiger charge is 2.49. The van der Waals surface area contributed by atoms with Gasteiger partial charge in [-0.3, -0.25) is 14.4 Å². The van der Waals surface area contributed by atoms with Crippen LogP contribution in [0.25, 0.3) is 10.4 Å². The zero-order valence-corrected chi connectivity index (χ0v) is 31.9. The van der Waals surface area contributed by atoms with E-state index < -0.39 is 23.6 Å². The van der Waals surface area contributed by atoms with Crippen LogP contribution in [0.2, 0.25) is 0 Å². The summed E-state index contributed by atoms with van der Waals surface area (Å²) in [5, 5.41) is 19.2. The number of fused-ring (bicyclic) bond motifs is 1. The highest BCUT2D eigenvalue weighted by atomic mass is 32.1. The van der Waals surface area contributed by atoms with Crippen molar-refractivity contribution in [3.05, 3.63) is 41.0 Å². The number of alkyl carbamates (subject to hydrolysis) is 1. The molecule has 1 unspecified atom stereocenters. The van der Waals surface area contributed by atoms with Crippen LogP contribution in [0.4, 0.5) is 4.79 Å². The van der Waals surface area contributed by atoms with Gasteiger partial charge in [-0.2, -0.15) is 0 Å². The number of benzene rings is 1. The van der Waals surface area contributed by atoms with Crippen LogP contribution in [-0.4, -0.2) is 76.7 Å². The Hall–Kier alpha value is -3.95. The van der Waals surface area contributed by atoms with E-state index >= 15 is 0 Å². The third-order valence-corrected chi connectivity index (χ3v) is 11.5. The van der Waals surface area contributed by atoms with Crippen molar-refractivity contribution in [2.45, 2.75) is 117 Å². The van der Waals surface area contributed by atoms with E-state index in [0.29, 0.717) is 37.3 Å². The number of aliphatic hydroxyl groups is 1. The van der Waals surface area contributed by atoms with Gasteiger partial charge in [-0.1, -0.05) is 57.9 Å². The van der Waals surface area contributed by atoms with Crippen molar-refractivity contribution in [2.75, 3.05) is 19.7 Å². The average molecular weight is 734 g/mol. The van der Waals surface area contributed by atoms with E-state index in [9.17, 15) is 24.3 Å². The minimum Gasteiger partial charge on any atom is -0.449 e. The van der Waals surface area contributed by atoms with Gasteiger partial charge in [0.25, 0.3) is 0 Å². The van der Waals surface area contributed by atoms with Crippen molar-refractivity contribution in [2.24, 2.45) is 23.2 Å². The molecule has 1 aromatic carbocycles. The first-order valence-electron chi connectivity index (χ1n) is 18.8. The lowest BCUT2D eigenvalue weighted by molar-refractivity contribution is -0.144. The molecule has 2 aliphatic carbocycles. The maximum Gasteiger partial charge on any atom is 0.407 e. The number of rotatable bonds is 15. The predicted molar refractivity (Wildman–Crippen MR) is 201 cm³/mol. The Morgan fingerprint density at radius 3 is 2.37 bits per heavy atom. The molecule has 2 aromatic rings. The smallest absolute Gasteiger partial charge is 0.407 e. The number of aliphatic hydroxyl groups excluding tert-OH is 1. The summed E-state index contributed by atoms with van der Waals surface area (Å²) in [5.41, 5.74) is 4.15. The molecule has 2 fully saturated rings. The second-order valence-corrected chi connectivity index (χ2v) is 16.4. The zero-order valence-electron chi connectivity index (χ0n) is 31.0. The summed E-state index contributed by atoms with van der Waals surface area (Å²) in [7, 11) is 0. The van der Waals surface area contributed by atoms with Crippen LogP contribution in [0, 0.1) is 41.9 Å². The molecular formula is C40H55N5O6S. The van der Waals surface area contributed by atoms with Crippen molar-refractivity contribution in [3.63, 3.8) is 0 Å². The van der Waals surface area contributed by atoms with Gasteiger partial charge in [0.05, 0.1) is 28.8 Å². The molecule has 282 valence electrons. The molecule has 5 rings (SSSR count). The lowest BCUT2D eigenvalue weighted by Crippen LogP contribution is -2.57. The first-order chi connectivity index (χ1) is 24.9. The van der Waals surface area contributed by atoms with Crippen LogP contribution in [0.5, 0.6) is 0 Å². The van der Waals surface area contributed by atoms with Crippen molar-refractivity contribution >= 4 is 35.2 Å². The maximum absolute atomic E-state index is 13.9. The van der Waals surface area contributed by atoms with Gasteiger partial charge in [-0.05, 0) is 66.9 Å². The summed E-state index contributed by atoms with van der Waals surface area (Å²) in [6, 6.07) is 6.22. The Labute approximate surface area is 312 Å². The summed E-state index contributed by atoms with van der Waals surface area (Å²) in [4.78, 5) is 59.3. The van der Waals surface area contributed by atoms with Gasteiger partial charge < -0.3 is 30.7 Å². The number of hydrogen-bond acceptors (Lipinski definition) is 8. The van der Waals surface area contributed by atoms with Crippen LogP contribution >= 0.6 is 11.3 Å². The summed E-state index contributed by atoms with van der Waals surface area (Å²) >= 11 is 1.58. The number of carbonyl (C=O) groups is 4. The van der Waals surface area contributed by atoms with Crippen molar-refractivity contribution < 1.29 is 29.0 Å². The van der Waals surface area contributed by atoms with E-state index in [-0.39, 0.29) is 49.7 Å². The van der Waals surface area contributed by atoms with E-state index in [4.69, 9.17) is 4.74 Å². The van der Waals surface area contributed by atoms with Crippen LogP contribution in [0.3, 0.4) is 0 Å². The summed E-state index contributed by atoms with van der Waals surface area (Å²) in [6.07, 6.45) is 6.37. The van der Waals surface area contributed by atoms with Crippen LogP contribution in [0.15, 0.2) is 29.8 Å². The molecule has 52 heavy (non-hydrogen) atoms. The Bertz CT molecular complexity index is 1590. The quantitative estimate of drug-likeness (QED) is 0.143. The van der Waals surface area contributed by atoms with Crippen molar-refractivity contribution in [1.82, 2.24) is 25.8 Å². The van der Waals surface area contributed by atoms with Crippen LogP contribution < -0.4 is 16.0 Å². The van der Waals surface area contributed by atoms with Gasteiger partial charge in [0.15, 0.2) is 0 Å². The molecule has 1 aliphatic heterocycles. The molecule has 0 bridgehead atoms. The van der Waals surface area contributed by atoms with Crippen molar-refractivity contribution in [3.8, 4) is 22.3 Å². The molecular weight excluding hydrogens is 679 g/mol. The van der Waals surface area contributed by atoms with Gasteiger partial charge >= 0.3 is 6.09 Å². The van der Waals surface area contributed by atoms with Crippen molar-refractivity contribution in [1.29, 1.82) is 0 Å². The summed E-state index contributed by atoms with van der Waals surface area (Å²) < 4.78 is 5.48. The topological polar surface area (TPSA) is 150 Å². The maximum atomic E-state index is 13.9. The predicted octanol–water partition coefficient (Wildman–Crippen LogP) is 5.34. The molecule has 2 heterocycles. The van der Waals surface area contributed by atoms with E-state index in [1.807, 2.05) is 57.5 Å². The van der Waals surface area contributed by atoms with Gasteiger partial charge in [-0.25, -0.2) is 9.78 Å².